The summed E-state index contributed by atoms with van der Waals surface area (Å²) in [5.41, 5.74) is -0.177. The minimum absolute atomic E-state index is 0.0000643. The third-order valence-corrected chi connectivity index (χ3v) is 3.47. The van der Waals surface area contributed by atoms with Gasteiger partial charge in [0.1, 0.15) is 21.7 Å². The third-order valence-electron chi connectivity index (χ3n) is 2.97. The number of nitrogens with zero attached hydrogens (tertiary/aromatic N) is 3. The van der Waals surface area contributed by atoms with Gasteiger partial charge < -0.3 is 4.74 Å². The van der Waals surface area contributed by atoms with E-state index in [0.717, 1.165) is 12.8 Å². The van der Waals surface area contributed by atoms with E-state index in [4.69, 9.17) is 27.9 Å². The normalized spacial score (nSPS) is 14.0. The molecule has 0 N–H and O–H groups in total. The fourth-order valence-electron chi connectivity index (χ4n) is 1.81. The number of benzene rings is 1. The van der Waals surface area contributed by atoms with E-state index in [0.29, 0.717) is 28.5 Å². The first kappa shape index (κ1) is 14.0. The fraction of sp³-hybridized carbons (Fsp3) is 0.231. The standard InChI is InChI=1S/C13H9Cl2N3O3/c14-9-5-8(3-4-10(9)18(19)20)21-12-6-11(15)16-13(17-12)7-1-2-7/h3-7H,1-2H2. The molecule has 1 saturated carbocycles. The molecule has 0 aliphatic heterocycles. The van der Waals surface area contributed by atoms with Gasteiger partial charge in [-0.2, -0.15) is 4.98 Å². The molecular formula is C13H9Cl2N3O3. The molecule has 1 aliphatic rings. The summed E-state index contributed by atoms with van der Waals surface area (Å²) < 4.78 is 5.55. The van der Waals surface area contributed by atoms with E-state index < -0.39 is 4.92 Å². The van der Waals surface area contributed by atoms with E-state index in [1.165, 1.54) is 24.3 Å². The van der Waals surface area contributed by atoms with Crippen molar-refractivity contribution in [3.8, 4) is 11.6 Å². The molecule has 3 rings (SSSR count). The van der Waals surface area contributed by atoms with E-state index in [-0.39, 0.29) is 10.7 Å². The van der Waals surface area contributed by atoms with Gasteiger partial charge in [0.05, 0.1) is 4.92 Å². The Labute approximate surface area is 129 Å². The number of hydrogen-bond acceptors (Lipinski definition) is 5. The Bertz CT molecular complexity index is 720. The summed E-state index contributed by atoms with van der Waals surface area (Å²) in [4.78, 5) is 18.6. The van der Waals surface area contributed by atoms with Crippen molar-refractivity contribution in [2.75, 3.05) is 0 Å². The SMILES string of the molecule is O=[N+]([O-])c1ccc(Oc2cc(Cl)nc(C3CC3)n2)cc1Cl. The number of ether oxygens (including phenoxy) is 1. The molecule has 0 unspecified atom stereocenters. The molecule has 0 bridgehead atoms. The van der Waals surface area contributed by atoms with Gasteiger partial charge in [0.2, 0.25) is 5.88 Å². The van der Waals surface area contributed by atoms with Crippen LogP contribution in [0.15, 0.2) is 24.3 Å². The molecule has 0 saturated heterocycles. The van der Waals surface area contributed by atoms with E-state index in [1.54, 1.807) is 0 Å². The summed E-state index contributed by atoms with van der Waals surface area (Å²) in [7, 11) is 0. The molecule has 0 atom stereocenters. The van der Waals surface area contributed by atoms with Gasteiger partial charge >= 0.3 is 0 Å². The van der Waals surface area contributed by atoms with E-state index in [1.807, 2.05) is 0 Å². The average Bonchev–Trinajstić information content (AvgIpc) is 3.21. The molecule has 8 heteroatoms. The highest BCUT2D eigenvalue weighted by Crippen LogP contribution is 2.39. The van der Waals surface area contributed by atoms with Gasteiger partial charge in [-0.25, -0.2) is 4.98 Å². The number of nitro benzene ring substituents is 1. The van der Waals surface area contributed by atoms with Crippen molar-refractivity contribution in [1.82, 2.24) is 9.97 Å². The molecule has 1 fully saturated rings. The minimum atomic E-state index is -0.557. The molecule has 0 spiro atoms. The monoisotopic (exact) mass is 325 g/mol. The highest BCUT2D eigenvalue weighted by molar-refractivity contribution is 6.32. The number of hydrogen-bond donors (Lipinski definition) is 0. The average molecular weight is 326 g/mol. The second-order valence-electron chi connectivity index (χ2n) is 4.63. The van der Waals surface area contributed by atoms with Crippen LogP contribution in [0.3, 0.4) is 0 Å². The Morgan fingerprint density at radius 1 is 1.24 bits per heavy atom. The van der Waals surface area contributed by atoms with Crippen molar-refractivity contribution in [3.05, 3.63) is 50.4 Å². The predicted molar refractivity (Wildman–Crippen MR) is 77.2 cm³/mol. The van der Waals surface area contributed by atoms with Crippen molar-refractivity contribution in [2.24, 2.45) is 0 Å². The lowest BCUT2D eigenvalue weighted by Gasteiger charge is -2.07. The Balaban J connectivity index is 1.86. The minimum Gasteiger partial charge on any atom is -0.439 e. The molecule has 1 aliphatic carbocycles. The zero-order chi connectivity index (χ0) is 15.0. The fourth-order valence-corrected chi connectivity index (χ4v) is 2.23. The molecule has 21 heavy (non-hydrogen) atoms. The van der Waals surface area contributed by atoms with Crippen molar-refractivity contribution < 1.29 is 9.66 Å². The highest BCUT2D eigenvalue weighted by atomic mass is 35.5. The first-order valence-electron chi connectivity index (χ1n) is 6.19. The van der Waals surface area contributed by atoms with Crippen LogP contribution >= 0.6 is 23.2 Å². The molecule has 1 aromatic heterocycles. The topological polar surface area (TPSA) is 78.2 Å². The van der Waals surface area contributed by atoms with Crippen LogP contribution in [0.4, 0.5) is 5.69 Å². The summed E-state index contributed by atoms with van der Waals surface area (Å²) in [5, 5.41) is 11.0. The van der Waals surface area contributed by atoms with Gasteiger partial charge in [0.25, 0.3) is 5.69 Å². The second-order valence-corrected chi connectivity index (χ2v) is 5.43. The summed E-state index contributed by atoms with van der Waals surface area (Å²) >= 11 is 11.8. The zero-order valence-corrected chi connectivity index (χ0v) is 12.1. The predicted octanol–water partition coefficient (Wildman–Crippen LogP) is 4.36. The quantitative estimate of drug-likeness (QED) is 0.474. The molecule has 0 amide bonds. The summed E-state index contributed by atoms with van der Waals surface area (Å²) in [5.74, 6) is 1.64. The molecular weight excluding hydrogens is 317 g/mol. The van der Waals surface area contributed by atoms with Crippen molar-refractivity contribution in [3.63, 3.8) is 0 Å². The van der Waals surface area contributed by atoms with E-state index in [9.17, 15) is 10.1 Å². The van der Waals surface area contributed by atoms with E-state index >= 15 is 0 Å². The van der Waals surface area contributed by atoms with Crippen molar-refractivity contribution in [2.45, 2.75) is 18.8 Å². The molecule has 108 valence electrons. The van der Waals surface area contributed by atoms with Gasteiger partial charge in [0.15, 0.2) is 0 Å². The van der Waals surface area contributed by atoms with Gasteiger partial charge in [-0.1, -0.05) is 23.2 Å². The lowest BCUT2D eigenvalue weighted by molar-refractivity contribution is -0.384. The molecule has 0 radical (unpaired) electrons. The van der Waals surface area contributed by atoms with Crippen LogP contribution in [-0.2, 0) is 0 Å². The Morgan fingerprint density at radius 2 is 2.00 bits per heavy atom. The maximum atomic E-state index is 10.7. The highest BCUT2D eigenvalue weighted by Gasteiger charge is 2.27. The van der Waals surface area contributed by atoms with Crippen LogP contribution in [-0.4, -0.2) is 14.9 Å². The lowest BCUT2D eigenvalue weighted by Crippen LogP contribution is -1.97. The zero-order valence-electron chi connectivity index (χ0n) is 10.6. The Kier molecular flexibility index (Phi) is 3.65. The smallest absolute Gasteiger partial charge is 0.288 e. The van der Waals surface area contributed by atoms with Crippen molar-refractivity contribution in [1.29, 1.82) is 0 Å². The van der Waals surface area contributed by atoms with Crippen LogP contribution in [0.25, 0.3) is 0 Å². The Morgan fingerprint density at radius 3 is 2.62 bits per heavy atom. The molecule has 6 nitrogen and oxygen atoms in total. The molecule has 1 aromatic carbocycles. The van der Waals surface area contributed by atoms with Gasteiger partial charge in [-0.15, -0.1) is 0 Å². The first-order chi connectivity index (χ1) is 10.0. The molecule has 2 aromatic rings. The number of aromatic nitrogens is 2. The summed E-state index contributed by atoms with van der Waals surface area (Å²) in [6.45, 7) is 0. The van der Waals surface area contributed by atoms with Crippen molar-refractivity contribution >= 4 is 28.9 Å². The van der Waals surface area contributed by atoms with Crippen LogP contribution in [0.2, 0.25) is 10.2 Å². The van der Waals surface area contributed by atoms with Crippen LogP contribution in [0.5, 0.6) is 11.6 Å². The van der Waals surface area contributed by atoms with Crippen LogP contribution in [0.1, 0.15) is 24.6 Å². The number of rotatable bonds is 4. The summed E-state index contributed by atoms with van der Waals surface area (Å²) in [6, 6.07) is 5.59. The third kappa shape index (κ3) is 3.22. The largest absolute Gasteiger partial charge is 0.439 e. The molecule has 1 heterocycles. The Hall–Kier alpha value is -1.92. The lowest BCUT2D eigenvalue weighted by atomic mass is 10.3. The van der Waals surface area contributed by atoms with Gasteiger partial charge in [-0.05, 0) is 18.9 Å². The first-order valence-corrected chi connectivity index (χ1v) is 6.95. The van der Waals surface area contributed by atoms with E-state index in [2.05, 4.69) is 9.97 Å². The summed E-state index contributed by atoms with van der Waals surface area (Å²) in [6.07, 6.45) is 2.09. The number of halogens is 2. The number of nitro groups is 1. The van der Waals surface area contributed by atoms with Crippen LogP contribution < -0.4 is 4.74 Å². The maximum absolute atomic E-state index is 10.7. The van der Waals surface area contributed by atoms with Gasteiger partial charge in [-0.3, -0.25) is 10.1 Å². The van der Waals surface area contributed by atoms with Gasteiger partial charge in [0, 0.05) is 24.1 Å². The maximum Gasteiger partial charge on any atom is 0.288 e. The second kappa shape index (κ2) is 5.46. The van der Waals surface area contributed by atoms with Crippen LogP contribution in [0, 0.1) is 10.1 Å².